The van der Waals surface area contributed by atoms with Gasteiger partial charge in [0.1, 0.15) is 11.4 Å². The Bertz CT molecular complexity index is 792. The summed E-state index contributed by atoms with van der Waals surface area (Å²) in [7, 11) is 0. The minimum atomic E-state index is -0.456. The maximum atomic E-state index is 12.2. The van der Waals surface area contributed by atoms with E-state index in [1.54, 1.807) is 16.2 Å². The van der Waals surface area contributed by atoms with E-state index in [0.29, 0.717) is 19.0 Å². The van der Waals surface area contributed by atoms with Gasteiger partial charge in [-0.25, -0.2) is 14.8 Å². The van der Waals surface area contributed by atoms with Crippen LogP contribution in [0.1, 0.15) is 63.4 Å². The first-order valence-electron chi connectivity index (χ1n) is 10.0. The van der Waals surface area contributed by atoms with E-state index in [1.165, 1.54) is 4.88 Å². The number of hydrogen-bond acceptors (Lipinski definition) is 6. The molecule has 2 aromatic rings. The molecule has 0 bridgehead atoms. The number of nitrogens with one attached hydrogen (secondary N) is 1. The molecule has 1 fully saturated rings. The Labute approximate surface area is 171 Å². The number of amides is 1. The number of rotatable bonds is 5. The minimum absolute atomic E-state index is 0.221. The second kappa shape index (κ2) is 8.90. The van der Waals surface area contributed by atoms with Crippen LogP contribution in [0.4, 0.5) is 15.7 Å². The lowest BCUT2D eigenvalue weighted by Crippen LogP contribution is -2.41. The summed E-state index contributed by atoms with van der Waals surface area (Å²) in [6.45, 7) is 9.26. The van der Waals surface area contributed by atoms with E-state index < -0.39 is 5.60 Å². The molecule has 1 aliphatic heterocycles. The number of hydrogen-bond donors (Lipinski definition) is 1. The Kier molecular flexibility index (Phi) is 6.54. The lowest BCUT2D eigenvalue weighted by Gasteiger charge is -2.33. The summed E-state index contributed by atoms with van der Waals surface area (Å²) in [4.78, 5) is 24.6. The molecule has 6 nitrogen and oxygen atoms in total. The molecule has 2 aromatic heterocycles. The zero-order valence-electron chi connectivity index (χ0n) is 17.2. The number of aromatic nitrogens is 2. The van der Waals surface area contributed by atoms with Crippen molar-refractivity contribution < 1.29 is 9.53 Å². The molecule has 0 atom stereocenters. The molecule has 0 unspecified atom stereocenters. The Hall–Kier alpha value is -2.15. The van der Waals surface area contributed by atoms with Gasteiger partial charge in [0.25, 0.3) is 0 Å². The van der Waals surface area contributed by atoms with Gasteiger partial charge in [0, 0.05) is 35.8 Å². The standard InChI is InChI=1S/C21H30N4O2S/c1-5-7-16-14-22-19(28-16)24-18-9-6-8-17(23-18)15-10-12-25(13-11-15)20(26)27-21(2,3)4/h6,8-9,14-15H,5,7,10-13H2,1-4H3,(H,22,23,24). The van der Waals surface area contributed by atoms with Gasteiger partial charge >= 0.3 is 6.09 Å². The molecule has 1 N–H and O–H groups in total. The number of pyridine rings is 1. The molecule has 28 heavy (non-hydrogen) atoms. The number of nitrogens with zero attached hydrogens (tertiary/aromatic N) is 3. The molecule has 3 heterocycles. The van der Waals surface area contributed by atoms with Crippen molar-refractivity contribution in [3.8, 4) is 0 Å². The quantitative estimate of drug-likeness (QED) is 0.730. The monoisotopic (exact) mass is 402 g/mol. The van der Waals surface area contributed by atoms with Crippen molar-refractivity contribution in [2.24, 2.45) is 0 Å². The first-order chi connectivity index (χ1) is 13.3. The van der Waals surface area contributed by atoms with Crippen LogP contribution in [-0.4, -0.2) is 39.7 Å². The zero-order valence-corrected chi connectivity index (χ0v) is 18.0. The lowest BCUT2D eigenvalue weighted by atomic mass is 9.93. The summed E-state index contributed by atoms with van der Waals surface area (Å²) in [6, 6.07) is 6.08. The van der Waals surface area contributed by atoms with Gasteiger partial charge in [0.05, 0.1) is 0 Å². The Morgan fingerprint density at radius 1 is 1.32 bits per heavy atom. The van der Waals surface area contributed by atoms with Crippen LogP contribution >= 0.6 is 11.3 Å². The third-order valence-electron chi connectivity index (χ3n) is 4.62. The highest BCUT2D eigenvalue weighted by Crippen LogP contribution is 2.29. The molecule has 1 amide bonds. The third kappa shape index (κ3) is 5.67. The number of carbonyl (C=O) groups excluding carboxylic acids is 1. The third-order valence-corrected chi connectivity index (χ3v) is 5.59. The van der Waals surface area contributed by atoms with E-state index in [2.05, 4.69) is 23.3 Å². The predicted molar refractivity (Wildman–Crippen MR) is 113 cm³/mol. The van der Waals surface area contributed by atoms with Crippen LogP contribution in [0.15, 0.2) is 24.4 Å². The molecule has 0 saturated carbocycles. The molecule has 0 radical (unpaired) electrons. The number of likely N-dealkylation sites (tertiary alicyclic amines) is 1. The van der Waals surface area contributed by atoms with E-state index >= 15 is 0 Å². The number of thiazole rings is 1. The predicted octanol–water partition coefficient (Wildman–Crippen LogP) is 5.35. The van der Waals surface area contributed by atoms with Crippen LogP contribution in [0.3, 0.4) is 0 Å². The van der Waals surface area contributed by atoms with Gasteiger partial charge < -0.3 is 15.0 Å². The molecular weight excluding hydrogens is 372 g/mol. The van der Waals surface area contributed by atoms with Gasteiger partial charge in [0.2, 0.25) is 0 Å². The van der Waals surface area contributed by atoms with Crippen molar-refractivity contribution >= 4 is 28.4 Å². The molecule has 0 spiro atoms. The van der Waals surface area contributed by atoms with Gasteiger partial charge in [-0.3, -0.25) is 0 Å². The lowest BCUT2D eigenvalue weighted by molar-refractivity contribution is 0.0204. The average molecular weight is 403 g/mol. The Morgan fingerprint density at radius 2 is 2.07 bits per heavy atom. The highest BCUT2D eigenvalue weighted by molar-refractivity contribution is 7.15. The molecule has 0 aliphatic carbocycles. The topological polar surface area (TPSA) is 67.4 Å². The maximum Gasteiger partial charge on any atom is 0.410 e. The second-order valence-electron chi connectivity index (χ2n) is 8.20. The van der Waals surface area contributed by atoms with Crippen molar-refractivity contribution in [3.63, 3.8) is 0 Å². The zero-order chi connectivity index (χ0) is 20.1. The van der Waals surface area contributed by atoms with Gasteiger partial charge in [-0.2, -0.15) is 0 Å². The SMILES string of the molecule is CCCc1cnc(Nc2cccc(C3CCN(C(=O)OC(C)(C)C)CC3)n2)s1. The summed E-state index contributed by atoms with van der Waals surface area (Å²) < 4.78 is 5.48. The first kappa shape index (κ1) is 20.6. The van der Waals surface area contributed by atoms with Gasteiger partial charge in [-0.1, -0.05) is 19.4 Å². The second-order valence-corrected chi connectivity index (χ2v) is 9.31. The molecule has 1 saturated heterocycles. The van der Waals surface area contributed by atoms with Gasteiger partial charge in [-0.05, 0) is 52.2 Å². The van der Waals surface area contributed by atoms with Gasteiger partial charge in [-0.15, -0.1) is 11.3 Å². The van der Waals surface area contributed by atoms with Crippen molar-refractivity contribution in [2.75, 3.05) is 18.4 Å². The Balaban J connectivity index is 1.58. The highest BCUT2D eigenvalue weighted by atomic mass is 32.1. The van der Waals surface area contributed by atoms with Crippen molar-refractivity contribution in [2.45, 2.75) is 64.9 Å². The number of ether oxygens (including phenoxy) is 1. The fourth-order valence-electron chi connectivity index (χ4n) is 3.27. The summed E-state index contributed by atoms with van der Waals surface area (Å²) in [5.41, 5.74) is 0.613. The van der Waals surface area contributed by atoms with Crippen LogP contribution in [0, 0.1) is 0 Å². The van der Waals surface area contributed by atoms with E-state index in [1.807, 2.05) is 39.1 Å². The number of aryl methyl sites for hydroxylation is 1. The van der Waals surface area contributed by atoms with E-state index in [9.17, 15) is 4.79 Å². The molecule has 152 valence electrons. The highest BCUT2D eigenvalue weighted by Gasteiger charge is 2.28. The van der Waals surface area contributed by atoms with Crippen LogP contribution < -0.4 is 5.32 Å². The average Bonchev–Trinajstić information content (AvgIpc) is 3.08. The Morgan fingerprint density at radius 3 is 2.75 bits per heavy atom. The summed E-state index contributed by atoms with van der Waals surface area (Å²) >= 11 is 1.68. The van der Waals surface area contributed by atoms with E-state index in [-0.39, 0.29) is 6.09 Å². The number of piperidine rings is 1. The minimum Gasteiger partial charge on any atom is -0.444 e. The fraction of sp³-hybridized carbons (Fsp3) is 0.571. The number of carbonyl (C=O) groups is 1. The van der Waals surface area contributed by atoms with Crippen LogP contribution in [0.25, 0.3) is 0 Å². The molecule has 7 heteroatoms. The fourth-order valence-corrected chi connectivity index (χ4v) is 4.19. The van der Waals surface area contributed by atoms with Crippen LogP contribution in [0.2, 0.25) is 0 Å². The molecule has 3 rings (SSSR count). The maximum absolute atomic E-state index is 12.2. The number of anilines is 2. The summed E-state index contributed by atoms with van der Waals surface area (Å²) in [5.74, 6) is 1.18. The largest absolute Gasteiger partial charge is 0.444 e. The first-order valence-corrected chi connectivity index (χ1v) is 10.8. The molecule has 1 aliphatic rings. The smallest absolute Gasteiger partial charge is 0.410 e. The molecule has 0 aromatic carbocycles. The van der Waals surface area contributed by atoms with Crippen molar-refractivity contribution in [3.05, 3.63) is 35.0 Å². The van der Waals surface area contributed by atoms with Crippen LogP contribution in [0.5, 0.6) is 0 Å². The van der Waals surface area contributed by atoms with Gasteiger partial charge in [0.15, 0.2) is 5.13 Å². The van der Waals surface area contributed by atoms with E-state index in [4.69, 9.17) is 9.72 Å². The normalized spacial score (nSPS) is 15.5. The van der Waals surface area contributed by atoms with Crippen molar-refractivity contribution in [1.82, 2.24) is 14.9 Å². The van der Waals surface area contributed by atoms with Crippen molar-refractivity contribution in [1.29, 1.82) is 0 Å². The summed E-state index contributed by atoms with van der Waals surface area (Å²) in [6.07, 6.45) is 5.69. The van der Waals surface area contributed by atoms with E-state index in [0.717, 1.165) is 42.3 Å². The molecular formula is C21H30N4O2S. The van der Waals surface area contributed by atoms with Crippen LogP contribution in [-0.2, 0) is 11.2 Å². The summed E-state index contributed by atoms with van der Waals surface area (Å²) in [5, 5.41) is 4.21.